The third kappa shape index (κ3) is 2.19. The maximum atomic E-state index is 4.77. The van der Waals surface area contributed by atoms with E-state index in [9.17, 15) is 0 Å². The average molecular weight is 402 g/mol. The summed E-state index contributed by atoms with van der Waals surface area (Å²) in [5, 5.41) is 0. The van der Waals surface area contributed by atoms with E-state index in [-0.39, 0.29) is 42.4 Å². The molecule has 0 bridgehead atoms. The molecule has 0 atom stereocenters. The van der Waals surface area contributed by atoms with Crippen LogP contribution in [0.2, 0.25) is 0 Å². The van der Waals surface area contributed by atoms with Gasteiger partial charge < -0.3 is 13.8 Å². The first-order valence-corrected chi connectivity index (χ1v) is 8.71. The third-order valence-electron chi connectivity index (χ3n) is 8.29. The Morgan fingerprint density at radius 2 is 0.708 bits per heavy atom. The zero-order chi connectivity index (χ0) is 18.1. The van der Waals surface area contributed by atoms with Gasteiger partial charge in [0.1, 0.15) is 0 Å². The van der Waals surface area contributed by atoms with Gasteiger partial charge in [-0.2, -0.15) is 0 Å². The van der Waals surface area contributed by atoms with Gasteiger partial charge in [0.2, 0.25) is 0 Å². The first-order chi connectivity index (χ1) is 10.3. The fourth-order valence-corrected chi connectivity index (χ4v) is 5.12. The van der Waals surface area contributed by atoms with Crippen LogP contribution in [0.15, 0.2) is 44.6 Å². The molecule has 0 N–H and O–H groups in total. The Hall–Kier alpha value is -0.157. The summed E-state index contributed by atoms with van der Waals surface area (Å²) in [7, 11) is 0. The smallest absolute Gasteiger partial charge is 0.364 e. The summed E-state index contributed by atoms with van der Waals surface area (Å²) >= 11 is 0. The molecular weight excluding hydrogens is 367 g/mol. The second-order valence-corrected chi connectivity index (χ2v) is 8.33. The van der Waals surface area contributed by atoms with Gasteiger partial charge in [0.15, 0.2) is 0 Å². The standard InChI is InChI=1S/C23H34.Zr/c1-13-14(2)18(6)22(11,17(13)5)21(9,10)23(12)19(7)15(3)16(4)20(23)8;/h9-10H2,1-8,11-12H3;/q-2;+2. The van der Waals surface area contributed by atoms with Crippen molar-refractivity contribution in [2.45, 2.75) is 69.2 Å². The predicted molar refractivity (Wildman–Crippen MR) is 103 cm³/mol. The van der Waals surface area contributed by atoms with E-state index in [4.69, 9.17) is 13.8 Å². The van der Waals surface area contributed by atoms with E-state index in [1.54, 1.807) is 0 Å². The van der Waals surface area contributed by atoms with Crippen LogP contribution in [-0.4, -0.2) is 0 Å². The Balaban J connectivity index is 0.00000288. The third-order valence-corrected chi connectivity index (χ3v) is 8.29. The Morgan fingerprint density at radius 3 is 0.875 bits per heavy atom. The van der Waals surface area contributed by atoms with Crippen molar-refractivity contribution in [1.82, 2.24) is 0 Å². The van der Waals surface area contributed by atoms with Gasteiger partial charge in [0.25, 0.3) is 0 Å². The molecule has 0 nitrogen and oxygen atoms in total. The van der Waals surface area contributed by atoms with Crippen LogP contribution in [0.25, 0.3) is 0 Å². The quantitative estimate of drug-likeness (QED) is 0.436. The van der Waals surface area contributed by atoms with Gasteiger partial charge in [-0.25, -0.2) is 0 Å². The molecule has 2 aliphatic carbocycles. The summed E-state index contributed by atoms with van der Waals surface area (Å²) in [5.41, 5.74) is 10.8. The first kappa shape index (κ1) is 21.9. The molecule has 0 amide bonds. The molecule has 0 aliphatic heterocycles. The largest absolute Gasteiger partial charge is 2.00 e. The van der Waals surface area contributed by atoms with Crippen LogP contribution in [0.1, 0.15) is 69.2 Å². The number of hydrogen-bond donors (Lipinski definition) is 0. The van der Waals surface area contributed by atoms with Crippen molar-refractivity contribution in [1.29, 1.82) is 0 Å². The molecule has 0 saturated carbocycles. The Bertz CT molecular complexity index is 596. The molecule has 0 spiro atoms. The van der Waals surface area contributed by atoms with Gasteiger partial charge in [0.05, 0.1) is 0 Å². The molecule has 0 aromatic rings. The summed E-state index contributed by atoms with van der Waals surface area (Å²) < 4.78 is 0. The minimum Gasteiger partial charge on any atom is -0.364 e. The number of rotatable bonds is 2. The Kier molecular flexibility index (Phi) is 5.68. The van der Waals surface area contributed by atoms with E-state index in [0.717, 1.165) is 0 Å². The molecular formula is C23H34Zr. The van der Waals surface area contributed by atoms with E-state index in [0.29, 0.717) is 0 Å². The monoisotopic (exact) mass is 400 g/mol. The number of allylic oxidation sites excluding steroid dienone is 8. The van der Waals surface area contributed by atoms with E-state index in [1.165, 1.54) is 44.6 Å². The average Bonchev–Trinajstić information content (AvgIpc) is 2.76. The molecule has 2 aliphatic rings. The molecule has 0 aromatic carbocycles. The maximum Gasteiger partial charge on any atom is 2.00 e. The van der Waals surface area contributed by atoms with Gasteiger partial charge in [-0.1, -0.05) is 36.1 Å². The van der Waals surface area contributed by atoms with Crippen LogP contribution in [0.3, 0.4) is 0 Å². The Morgan fingerprint density at radius 1 is 0.542 bits per heavy atom. The van der Waals surface area contributed by atoms with Crippen LogP contribution in [0, 0.1) is 30.1 Å². The minimum atomic E-state index is -0.389. The molecule has 0 unspecified atom stereocenters. The van der Waals surface area contributed by atoms with Crippen molar-refractivity contribution in [3.05, 3.63) is 58.4 Å². The molecule has 24 heavy (non-hydrogen) atoms. The van der Waals surface area contributed by atoms with Gasteiger partial charge in [-0.15, -0.1) is 0 Å². The first-order valence-electron chi connectivity index (χ1n) is 8.71. The molecule has 0 saturated heterocycles. The van der Waals surface area contributed by atoms with Crippen molar-refractivity contribution < 1.29 is 26.2 Å². The molecule has 0 aromatic heterocycles. The Labute approximate surface area is 169 Å². The van der Waals surface area contributed by atoms with Crippen LogP contribution in [-0.2, 0) is 26.2 Å². The molecule has 0 heterocycles. The van der Waals surface area contributed by atoms with Gasteiger partial charge in [-0.05, 0) is 88.5 Å². The SMILES string of the molecule is [CH2-]C([CH2-])(C1(C)C(C)=C(C)C(C)=C1C)C1(C)C(C)=C(C)C(C)=C1C.[Zr+2]. The van der Waals surface area contributed by atoms with Gasteiger partial charge in [-0.3, -0.25) is 5.41 Å². The summed E-state index contributed by atoms with van der Waals surface area (Å²) in [6.07, 6.45) is 0. The van der Waals surface area contributed by atoms with E-state index < -0.39 is 0 Å². The van der Waals surface area contributed by atoms with Crippen molar-refractivity contribution >= 4 is 0 Å². The summed E-state index contributed by atoms with van der Waals surface area (Å²) in [4.78, 5) is 0. The van der Waals surface area contributed by atoms with Gasteiger partial charge in [0, 0.05) is 0 Å². The zero-order valence-corrected chi connectivity index (χ0v) is 19.9. The summed E-state index contributed by atoms with van der Waals surface area (Å²) in [6.45, 7) is 32.3. The summed E-state index contributed by atoms with van der Waals surface area (Å²) in [6, 6.07) is 0. The zero-order valence-electron chi connectivity index (χ0n) is 17.4. The van der Waals surface area contributed by atoms with Crippen LogP contribution in [0.5, 0.6) is 0 Å². The maximum absolute atomic E-state index is 4.77. The summed E-state index contributed by atoms with van der Waals surface area (Å²) in [5.74, 6) is 0. The van der Waals surface area contributed by atoms with Crippen molar-refractivity contribution in [3.63, 3.8) is 0 Å². The molecule has 0 fully saturated rings. The molecule has 130 valence electrons. The second kappa shape index (κ2) is 6.22. The fraction of sp³-hybridized carbons (Fsp3) is 0.565. The van der Waals surface area contributed by atoms with E-state index in [1.807, 2.05) is 0 Å². The normalized spacial score (nSPS) is 23.5. The number of hydrogen-bond acceptors (Lipinski definition) is 0. The van der Waals surface area contributed by atoms with Gasteiger partial charge >= 0.3 is 26.2 Å². The topological polar surface area (TPSA) is 0 Å². The van der Waals surface area contributed by atoms with Crippen LogP contribution >= 0.6 is 0 Å². The van der Waals surface area contributed by atoms with E-state index >= 15 is 0 Å². The molecule has 1 heteroatoms. The fourth-order valence-electron chi connectivity index (χ4n) is 5.12. The van der Waals surface area contributed by atoms with E-state index in [2.05, 4.69) is 69.2 Å². The van der Waals surface area contributed by atoms with Crippen LogP contribution < -0.4 is 0 Å². The predicted octanol–water partition coefficient (Wildman–Crippen LogP) is 7.02. The van der Waals surface area contributed by atoms with Crippen LogP contribution in [0.4, 0.5) is 0 Å². The minimum absolute atomic E-state index is 0. The molecule has 2 rings (SSSR count). The molecule has 0 radical (unpaired) electrons. The van der Waals surface area contributed by atoms with Crippen molar-refractivity contribution in [2.75, 3.05) is 0 Å². The van der Waals surface area contributed by atoms with Crippen molar-refractivity contribution in [2.24, 2.45) is 16.2 Å². The second-order valence-electron chi connectivity index (χ2n) is 8.33. The van der Waals surface area contributed by atoms with Crippen molar-refractivity contribution in [3.8, 4) is 0 Å².